The van der Waals surface area contributed by atoms with Crippen molar-refractivity contribution in [2.45, 2.75) is 25.0 Å². The van der Waals surface area contributed by atoms with Crippen LogP contribution in [0.1, 0.15) is 6.42 Å². The first-order chi connectivity index (χ1) is 20.4. The van der Waals surface area contributed by atoms with Crippen LogP contribution in [0.2, 0.25) is 0 Å². The third-order valence-corrected chi connectivity index (χ3v) is 6.82. The van der Waals surface area contributed by atoms with E-state index in [-0.39, 0.29) is 60.0 Å². The summed E-state index contributed by atoms with van der Waals surface area (Å²) in [6, 6.07) is 2.00. The Bertz CT molecular complexity index is 1600. The molecule has 1 aromatic carbocycles. The zero-order valence-electron chi connectivity index (χ0n) is 22.9. The summed E-state index contributed by atoms with van der Waals surface area (Å²) >= 11 is 0. The molecule has 0 aliphatic carbocycles. The van der Waals surface area contributed by atoms with Crippen LogP contribution in [0.15, 0.2) is 43.4 Å². The van der Waals surface area contributed by atoms with Crippen LogP contribution in [0.4, 0.5) is 14.7 Å². The predicted octanol–water partition coefficient (Wildman–Crippen LogP) is 2.71. The van der Waals surface area contributed by atoms with Gasteiger partial charge in [0.1, 0.15) is 11.2 Å². The SMILES string of the molecule is C=CC(=O)N[C@H]1CCOC[C@H]1Nc1ncc2cc(-c3c(F)c(OC)cc(OC)c3F)nc(-c3cnn(CCO)c3)c2n1. The first-order valence-electron chi connectivity index (χ1n) is 13.1. The Kier molecular flexibility index (Phi) is 8.54. The Balaban J connectivity index is 1.63. The Morgan fingerprint density at radius 3 is 2.64 bits per heavy atom. The molecule has 2 atom stereocenters. The molecule has 12 nitrogen and oxygen atoms in total. The number of aliphatic hydroxyl groups is 1. The second-order valence-electron chi connectivity index (χ2n) is 9.42. The van der Waals surface area contributed by atoms with Gasteiger partial charge in [-0.3, -0.25) is 9.48 Å². The number of ether oxygens (including phenoxy) is 3. The molecular formula is C28H29F2N7O5. The second-order valence-corrected chi connectivity index (χ2v) is 9.42. The number of hydrogen-bond acceptors (Lipinski definition) is 10. The molecule has 0 saturated carbocycles. The normalized spacial score (nSPS) is 16.7. The van der Waals surface area contributed by atoms with E-state index in [1.54, 1.807) is 6.20 Å². The van der Waals surface area contributed by atoms with Gasteiger partial charge in [-0.1, -0.05) is 6.58 Å². The van der Waals surface area contributed by atoms with Crippen LogP contribution < -0.4 is 20.1 Å². The number of carbonyl (C=O) groups excluding carboxylic acids is 1. The first kappa shape index (κ1) is 28.8. The average Bonchev–Trinajstić information content (AvgIpc) is 3.46. The highest BCUT2D eigenvalue weighted by Crippen LogP contribution is 2.39. The van der Waals surface area contributed by atoms with Gasteiger partial charge in [-0.15, -0.1) is 0 Å². The monoisotopic (exact) mass is 581 g/mol. The van der Waals surface area contributed by atoms with E-state index in [9.17, 15) is 9.90 Å². The minimum Gasteiger partial charge on any atom is -0.494 e. The van der Waals surface area contributed by atoms with Gasteiger partial charge >= 0.3 is 0 Å². The highest BCUT2D eigenvalue weighted by Gasteiger charge is 2.28. The number of halogens is 2. The van der Waals surface area contributed by atoms with Gasteiger partial charge in [-0.2, -0.15) is 5.10 Å². The first-order valence-corrected chi connectivity index (χ1v) is 13.1. The Morgan fingerprint density at radius 2 is 1.95 bits per heavy atom. The molecule has 1 saturated heterocycles. The fourth-order valence-corrected chi connectivity index (χ4v) is 4.72. The third-order valence-electron chi connectivity index (χ3n) is 6.82. The number of rotatable bonds is 10. The fraction of sp³-hybridized carbons (Fsp3) is 0.321. The lowest BCUT2D eigenvalue weighted by molar-refractivity contribution is -0.117. The molecule has 220 valence electrons. The van der Waals surface area contributed by atoms with Crippen molar-refractivity contribution < 1.29 is 32.9 Å². The van der Waals surface area contributed by atoms with Crippen molar-refractivity contribution in [1.29, 1.82) is 0 Å². The number of pyridine rings is 1. The van der Waals surface area contributed by atoms with Crippen molar-refractivity contribution in [3.05, 3.63) is 55.0 Å². The highest BCUT2D eigenvalue weighted by molar-refractivity contribution is 5.94. The van der Waals surface area contributed by atoms with Gasteiger partial charge in [0.15, 0.2) is 23.1 Å². The van der Waals surface area contributed by atoms with Gasteiger partial charge < -0.3 is 30.0 Å². The van der Waals surface area contributed by atoms with E-state index in [4.69, 9.17) is 14.2 Å². The number of nitrogens with one attached hydrogen (secondary N) is 2. The van der Waals surface area contributed by atoms with E-state index < -0.39 is 17.2 Å². The number of nitrogens with zero attached hydrogens (tertiary/aromatic N) is 5. The van der Waals surface area contributed by atoms with E-state index >= 15 is 8.78 Å². The van der Waals surface area contributed by atoms with E-state index in [2.05, 4.69) is 37.3 Å². The Morgan fingerprint density at radius 1 is 1.19 bits per heavy atom. The average molecular weight is 582 g/mol. The van der Waals surface area contributed by atoms with Crippen LogP contribution in [-0.4, -0.2) is 81.9 Å². The topological polar surface area (TPSA) is 146 Å². The summed E-state index contributed by atoms with van der Waals surface area (Å²) in [4.78, 5) is 25.7. The molecular weight excluding hydrogens is 552 g/mol. The Labute approximate surface area is 239 Å². The number of methoxy groups -OCH3 is 2. The number of benzene rings is 1. The van der Waals surface area contributed by atoms with Gasteiger partial charge in [0.25, 0.3) is 0 Å². The summed E-state index contributed by atoms with van der Waals surface area (Å²) in [5.74, 6) is -2.41. The summed E-state index contributed by atoms with van der Waals surface area (Å²) in [5.41, 5.74) is 0.650. The maximum Gasteiger partial charge on any atom is 0.243 e. The number of anilines is 1. The molecule has 4 heterocycles. The fourth-order valence-electron chi connectivity index (χ4n) is 4.72. The van der Waals surface area contributed by atoms with Crippen molar-refractivity contribution in [3.63, 3.8) is 0 Å². The summed E-state index contributed by atoms with van der Waals surface area (Å²) in [6.07, 6.45) is 6.45. The molecule has 3 N–H and O–H groups in total. The maximum atomic E-state index is 15.5. The zero-order chi connectivity index (χ0) is 29.8. The lowest BCUT2D eigenvalue weighted by Crippen LogP contribution is -2.52. The van der Waals surface area contributed by atoms with Crippen molar-refractivity contribution in [3.8, 4) is 34.0 Å². The summed E-state index contributed by atoms with van der Waals surface area (Å²) < 4.78 is 48.2. The zero-order valence-corrected chi connectivity index (χ0v) is 22.9. The van der Waals surface area contributed by atoms with Crippen LogP contribution in [0.25, 0.3) is 33.4 Å². The maximum absolute atomic E-state index is 15.5. The second kappa shape index (κ2) is 12.4. The lowest BCUT2D eigenvalue weighted by atomic mass is 10.0. The third kappa shape index (κ3) is 5.71. The largest absolute Gasteiger partial charge is 0.494 e. The molecule has 42 heavy (non-hydrogen) atoms. The molecule has 1 aliphatic rings. The molecule has 1 fully saturated rings. The number of aliphatic hydroxyl groups excluding tert-OH is 1. The van der Waals surface area contributed by atoms with E-state index in [1.807, 2.05) is 0 Å². The molecule has 3 aromatic heterocycles. The van der Waals surface area contributed by atoms with Crippen molar-refractivity contribution in [2.75, 3.05) is 39.4 Å². The number of hydrogen-bond donors (Lipinski definition) is 3. The van der Waals surface area contributed by atoms with Crippen LogP contribution in [0.3, 0.4) is 0 Å². The molecule has 1 amide bonds. The summed E-state index contributed by atoms with van der Waals surface area (Å²) in [5, 5.41) is 20.2. The van der Waals surface area contributed by atoms with Crippen LogP contribution >= 0.6 is 0 Å². The smallest absolute Gasteiger partial charge is 0.243 e. The highest BCUT2D eigenvalue weighted by atomic mass is 19.1. The van der Waals surface area contributed by atoms with Crippen molar-refractivity contribution in [2.24, 2.45) is 0 Å². The van der Waals surface area contributed by atoms with Crippen molar-refractivity contribution >= 4 is 22.8 Å². The minimum atomic E-state index is -0.950. The summed E-state index contributed by atoms with van der Waals surface area (Å²) in [6.45, 7) is 4.38. The van der Waals surface area contributed by atoms with Crippen LogP contribution in [0.5, 0.6) is 11.5 Å². The van der Waals surface area contributed by atoms with Gasteiger partial charge in [0.2, 0.25) is 11.9 Å². The number of amides is 1. The minimum absolute atomic E-state index is 0.0446. The van der Waals surface area contributed by atoms with E-state index in [1.165, 1.54) is 43.4 Å². The number of aromatic nitrogens is 5. The van der Waals surface area contributed by atoms with Crippen molar-refractivity contribution in [1.82, 2.24) is 30.0 Å². The predicted molar refractivity (Wildman–Crippen MR) is 149 cm³/mol. The van der Waals surface area contributed by atoms with E-state index in [0.717, 1.165) is 6.07 Å². The summed E-state index contributed by atoms with van der Waals surface area (Å²) in [7, 11) is 2.53. The number of carbonyl (C=O) groups is 1. The molecule has 1 aliphatic heterocycles. The van der Waals surface area contributed by atoms with Gasteiger partial charge in [-0.25, -0.2) is 23.7 Å². The molecule has 5 rings (SSSR count). The Hall–Kier alpha value is -4.69. The lowest BCUT2D eigenvalue weighted by Gasteiger charge is -2.32. The van der Waals surface area contributed by atoms with Crippen LogP contribution in [-0.2, 0) is 16.1 Å². The number of fused-ring (bicyclic) bond motifs is 1. The molecule has 0 bridgehead atoms. The van der Waals surface area contributed by atoms with Crippen LogP contribution in [0, 0.1) is 11.6 Å². The van der Waals surface area contributed by atoms with Gasteiger partial charge in [0.05, 0.1) is 63.5 Å². The quantitative estimate of drug-likeness (QED) is 0.239. The molecule has 0 unspecified atom stereocenters. The van der Waals surface area contributed by atoms with Gasteiger partial charge in [0, 0.05) is 36.0 Å². The molecule has 0 radical (unpaired) electrons. The molecule has 4 aromatic rings. The molecule has 14 heteroatoms. The standard InChI is InChI=1S/C28H29F2N7O5/c1-4-22(39)33-17-5-8-42-14-19(17)35-28-31-11-15-9-18(23-24(29)20(40-2)10-21(41-3)25(23)30)34-27(26(15)36-28)16-12-32-37(13-16)6-7-38/h4,9-13,17,19,38H,1,5-8,14H2,2-3H3,(H,33,39)(H,31,35,36)/t17-,19+/m0/s1. The van der Waals surface area contributed by atoms with E-state index in [0.29, 0.717) is 36.1 Å². The van der Waals surface area contributed by atoms with Gasteiger partial charge in [-0.05, 0) is 18.6 Å². The molecule has 0 spiro atoms.